The van der Waals surface area contributed by atoms with Crippen LogP contribution in [0.4, 0.5) is 11.4 Å². The quantitative estimate of drug-likeness (QED) is 0.476. The van der Waals surface area contributed by atoms with Gasteiger partial charge < -0.3 is 9.80 Å². The highest BCUT2D eigenvalue weighted by Crippen LogP contribution is 2.29. The van der Waals surface area contributed by atoms with Gasteiger partial charge in [-0.15, -0.1) is 0 Å². The lowest BCUT2D eigenvalue weighted by molar-refractivity contribution is -0.129. The summed E-state index contributed by atoms with van der Waals surface area (Å²) in [5.74, 6) is -0.234. The van der Waals surface area contributed by atoms with Gasteiger partial charge >= 0.3 is 0 Å². The number of halogens is 1. The summed E-state index contributed by atoms with van der Waals surface area (Å²) in [6.45, 7) is 8.21. The molecule has 8 heteroatoms. The topological polar surface area (TPSA) is 60.9 Å². The summed E-state index contributed by atoms with van der Waals surface area (Å²) in [5, 5.41) is 0.449. The molecule has 1 amide bonds. The second-order valence-electron chi connectivity index (χ2n) is 8.85. The molecule has 4 rings (SSSR count). The van der Waals surface area contributed by atoms with Gasteiger partial charge in [0.25, 0.3) is 10.0 Å². The summed E-state index contributed by atoms with van der Waals surface area (Å²) in [7, 11) is -3.96. The first kappa shape index (κ1) is 25.1. The standard InChI is InChI=1S/C27H30ClN3O3S/c1-20-8-7-11-26(22(20)3)29-14-16-30(17-15-29)27(32)19-31(23-13-12-21(2)25(28)18-23)35(33,34)24-9-5-4-6-10-24/h4-13,18H,14-17,19H2,1-3H3. The van der Waals surface area contributed by atoms with E-state index in [-0.39, 0.29) is 17.3 Å². The van der Waals surface area contributed by atoms with E-state index in [2.05, 4.69) is 30.9 Å². The van der Waals surface area contributed by atoms with Crippen molar-refractivity contribution in [2.24, 2.45) is 0 Å². The fourth-order valence-electron chi connectivity index (χ4n) is 4.27. The molecule has 184 valence electrons. The number of benzene rings is 3. The highest BCUT2D eigenvalue weighted by atomic mass is 35.5. The van der Waals surface area contributed by atoms with E-state index < -0.39 is 10.0 Å². The van der Waals surface area contributed by atoms with Crippen LogP contribution in [0.15, 0.2) is 71.6 Å². The summed E-state index contributed by atoms with van der Waals surface area (Å²) in [5.41, 5.74) is 4.86. The van der Waals surface area contributed by atoms with Crippen LogP contribution in [0.2, 0.25) is 5.02 Å². The molecule has 0 unspecified atom stereocenters. The minimum Gasteiger partial charge on any atom is -0.368 e. The van der Waals surface area contributed by atoms with E-state index in [0.717, 1.165) is 9.87 Å². The number of sulfonamides is 1. The van der Waals surface area contributed by atoms with Gasteiger partial charge in [-0.25, -0.2) is 8.42 Å². The van der Waals surface area contributed by atoms with Gasteiger partial charge in [-0.1, -0.05) is 48.0 Å². The molecule has 1 saturated heterocycles. The van der Waals surface area contributed by atoms with Crippen molar-refractivity contribution in [3.63, 3.8) is 0 Å². The number of carbonyl (C=O) groups is 1. The molecule has 0 aliphatic carbocycles. The molecule has 0 aromatic heterocycles. The van der Waals surface area contributed by atoms with Crippen LogP contribution in [0, 0.1) is 20.8 Å². The van der Waals surface area contributed by atoms with Crippen LogP contribution in [-0.4, -0.2) is 51.9 Å². The van der Waals surface area contributed by atoms with Gasteiger partial charge in [0, 0.05) is 36.9 Å². The Morgan fingerprint density at radius 2 is 1.57 bits per heavy atom. The van der Waals surface area contributed by atoms with Gasteiger partial charge in [-0.05, 0) is 67.8 Å². The molecule has 0 saturated carbocycles. The molecule has 3 aromatic rings. The first-order chi connectivity index (χ1) is 16.7. The highest BCUT2D eigenvalue weighted by Gasteiger charge is 2.30. The molecule has 1 aliphatic rings. The minimum absolute atomic E-state index is 0.129. The molecule has 1 fully saturated rings. The third-order valence-corrected chi connectivity index (χ3v) is 8.80. The normalized spacial score (nSPS) is 14.2. The Balaban J connectivity index is 1.55. The van der Waals surface area contributed by atoms with Crippen molar-refractivity contribution in [3.8, 4) is 0 Å². The van der Waals surface area contributed by atoms with Crippen LogP contribution in [-0.2, 0) is 14.8 Å². The Morgan fingerprint density at radius 1 is 0.886 bits per heavy atom. The Morgan fingerprint density at radius 3 is 2.23 bits per heavy atom. The first-order valence-electron chi connectivity index (χ1n) is 11.6. The molecule has 0 N–H and O–H groups in total. The van der Waals surface area contributed by atoms with Crippen LogP contribution in [0.1, 0.15) is 16.7 Å². The van der Waals surface area contributed by atoms with E-state index >= 15 is 0 Å². The molecule has 0 radical (unpaired) electrons. The molecule has 1 heterocycles. The highest BCUT2D eigenvalue weighted by molar-refractivity contribution is 7.92. The number of piperazine rings is 1. The molecule has 1 aliphatic heterocycles. The van der Waals surface area contributed by atoms with Crippen molar-refractivity contribution < 1.29 is 13.2 Å². The van der Waals surface area contributed by atoms with Crippen LogP contribution in [0.5, 0.6) is 0 Å². The molecule has 6 nitrogen and oxygen atoms in total. The molecule has 35 heavy (non-hydrogen) atoms. The zero-order valence-corrected chi connectivity index (χ0v) is 21.8. The van der Waals surface area contributed by atoms with Crippen LogP contribution < -0.4 is 9.21 Å². The summed E-state index contributed by atoms with van der Waals surface area (Å²) >= 11 is 6.31. The average molecular weight is 512 g/mol. The summed E-state index contributed by atoms with van der Waals surface area (Å²) in [4.78, 5) is 17.5. The summed E-state index contributed by atoms with van der Waals surface area (Å²) in [6.07, 6.45) is 0. The fraction of sp³-hybridized carbons (Fsp3) is 0.296. The zero-order chi connectivity index (χ0) is 25.2. The molecule has 3 aromatic carbocycles. The Labute approximate surface area is 212 Å². The lowest BCUT2D eigenvalue weighted by Crippen LogP contribution is -2.52. The number of anilines is 2. The number of carbonyl (C=O) groups excluding carboxylic acids is 1. The van der Waals surface area contributed by atoms with Gasteiger partial charge in [-0.3, -0.25) is 9.10 Å². The summed E-state index contributed by atoms with van der Waals surface area (Å²) < 4.78 is 28.3. The Bertz CT molecular complexity index is 1320. The second kappa shape index (κ2) is 10.3. The van der Waals surface area contributed by atoms with Crippen molar-refractivity contribution in [1.29, 1.82) is 0 Å². The fourth-order valence-corrected chi connectivity index (χ4v) is 5.87. The van der Waals surface area contributed by atoms with Crippen molar-refractivity contribution in [2.75, 3.05) is 41.9 Å². The molecule has 0 bridgehead atoms. The Hall–Kier alpha value is -3.03. The number of amides is 1. The molecule has 0 spiro atoms. The maximum atomic E-state index is 13.6. The number of hydrogen-bond acceptors (Lipinski definition) is 4. The van der Waals surface area contributed by atoms with Gasteiger partial charge in [0.1, 0.15) is 6.54 Å². The van der Waals surface area contributed by atoms with Crippen molar-refractivity contribution >= 4 is 38.9 Å². The molecular formula is C27H30ClN3O3S. The first-order valence-corrected chi connectivity index (χ1v) is 13.4. The minimum atomic E-state index is -3.96. The zero-order valence-electron chi connectivity index (χ0n) is 20.2. The SMILES string of the molecule is Cc1ccc(N(CC(=O)N2CCN(c3cccc(C)c3C)CC2)S(=O)(=O)c2ccccc2)cc1Cl. The van der Waals surface area contributed by atoms with E-state index in [1.54, 1.807) is 41.3 Å². The number of nitrogens with zero attached hydrogens (tertiary/aromatic N) is 3. The maximum absolute atomic E-state index is 13.6. The number of hydrogen-bond donors (Lipinski definition) is 0. The van der Waals surface area contributed by atoms with Crippen LogP contribution in [0.3, 0.4) is 0 Å². The van der Waals surface area contributed by atoms with Gasteiger partial charge in [0.15, 0.2) is 0 Å². The van der Waals surface area contributed by atoms with Crippen molar-refractivity contribution in [3.05, 3.63) is 88.4 Å². The smallest absolute Gasteiger partial charge is 0.264 e. The van der Waals surface area contributed by atoms with E-state index in [1.807, 2.05) is 13.0 Å². The summed E-state index contributed by atoms with van der Waals surface area (Å²) in [6, 6.07) is 19.5. The van der Waals surface area contributed by atoms with Crippen LogP contribution >= 0.6 is 11.6 Å². The van der Waals surface area contributed by atoms with Crippen LogP contribution in [0.25, 0.3) is 0 Å². The maximum Gasteiger partial charge on any atom is 0.264 e. The largest absolute Gasteiger partial charge is 0.368 e. The third kappa shape index (κ3) is 5.31. The predicted octanol–water partition coefficient (Wildman–Crippen LogP) is 4.81. The molecular weight excluding hydrogens is 482 g/mol. The number of rotatable bonds is 6. The predicted molar refractivity (Wildman–Crippen MR) is 142 cm³/mol. The lowest BCUT2D eigenvalue weighted by Gasteiger charge is -2.38. The van der Waals surface area contributed by atoms with Gasteiger partial charge in [-0.2, -0.15) is 0 Å². The van der Waals surface area contributed by atoms with E-state index in [4.69, 9.17) is 11.6 Å². The second-order valence-corrected chi connectivity index (χ2v) is 11.1. The number of aryl methyl sites for hydroxylation is 2. The van der Waals surface area contributed by atoms with E-state index in [0.29, 0.717) is 36.9 Å². The van der Waals surface area contributed by atoms with E-state index in [9.17, 15) is 13.2 Å². The third-order valence-electron chi connectivity index (χ3n) is 6.60. The molecule has 0 atom stereocenters. The van der Waals surface area contributed by atoms with Gasteiger partial charge in [0.2, 0.25) is 5.91 Å². The van der Waals surface area contributed by atoms with Crippen molar-refractivity contribution in [2.45, 2.75) is 25.7 Å². The lowest BCUT2D eigenvalue weighted by atomic mass is 10.1. The average Bonchev–Trinajstić information content (AvgIpc) is 2.86. The van der Waals surface area contributed by atoms with Crippen molar-refractivity contribution in [1.82, 2.24) is 4.90 Å². The van der Waals surface area contributed by atoms with Gasteiger partial charge in [0.05, 0.1) is 10.6 Å². The van der Waals surface area contributed by atoms with E-state index in [1.165, 1.54) is 28.9 Å². The Kier molecular flexibility index (Phi) is 7.38. The monoisotopic (exact) mass is 511 g/mol.